The second-order valence-electron chi connectivity index (χ2n) is 9.37. The van der Waals surface area contributed by atoms with E-state index < -0.39 is 11.6 Å². The number of nitrogens with two attached hydrogens (primary N) is 3. The summed E-state index contributed by atoms with van der Waals surface area (Å²) in [4.78, 5) is 8.75. The molecule has 0 aliphatic carbocycles. The molecule has 2 atom stereocenters. The lowest BCUT2D eigenvalue weighted by Crippen LogP contribution is -2.06. The average Bonchev–Trinajstić information content (AvgIpc) is 3.36. The van der Waals surface area contributed by atoms with Gasteiger partial charge in [-0.25, -0.2) is 13.8 Å². The van der Waals surface area contributed by atoms with Gasteiger partial charge in [-0.3, -0.25) is 4.99 Å². The second-order valence-corrected chi connectivity index (χ2v) is 9.37. The van der Waals surface area contributed by atoms with Crippen molar-refractivity contribution in [1.82, 2.24) is 4.98 Å². The van der Waals surface area contributed by atoms with Gasteiger partial charge in [-0.1, -0.05) is 19.9 Å². The maximum Gasteiger partial charge on any atom is 0.168 e. The van der Waals surface area contributed by atoms with Crippen molar-refractivity contribution in [2.75, 3.05) is 46.7 Å². The Balaban J connectivity index is 0.000000274. The van der Waals surface area contributed by atoms with Crippen molar-refractivity contribution in [3.63, 3.8) is 0 Å². The molecule has 224 valence electrons. The summed E-state index contributed by atoms with van der Waals surface area (Å²) in [5, 5.41) is 0. The smallest absolute Gasteiger partial charge is 0.168 e. The first-order valence-corrected chi connectivity index (χ1v) is 13.6. The molecule has 2 heterocycles. The number of rotatable bonds is 9. The van der Waals surface area contributed by atoms with E-state index in [0.29, 0.717) is 42.5 Å². The molecule has 2 aromatic carbocycles. The van der Waals surface area contributed by atoms with Gasteiger partial charge in [0.05, 0.1) is 25.5 Å². The van der Waals surface area contributed by atoms with E-state index >= 15 is 0 Å². The number of hydrogen-bond acceptors (Lipinski definition) is 8. The molecule has 0 bridgehead atoms. The number of fused-ring (bicyclic) bond motifs is 1. The molecule has 41 heavy (non-hydrogen) atoms. The van der Waals surface area contributed by atoms with Crippen molar-refractivity contribution < 1.29 is 23.0 Å². The van der Waals surface area contributed by atoms with Crippen LogP contribution in [0.5, 0.6) is 11.5 Å². The molecular weight excluding hydrogens is 528 g/mol. The highest BCUT2D eigenvalue weighted by Gasteiger charge is 2.27. The summed E-state index contributed by atoms with van der Waals surface area (Å²) in [6, 6.07) is 9.91. The van der Waals surface area contributed by atoms with Crippen molar-refractivity contribution >= 4 is 11.9 Å². The molecular formula is C31H43F2N5O3. The van der Waals surface area contributed by atoms with Crippen LogP contribution in [0.15, 0.2) is 41.4 Å². The number of aromatic nitrogens is 1. The molecule has 2 unspecified atom stereocenters. The summed E-state index contributed by atoms with van der Waals surface area (Å²) in [6.45, 7) is 7.87. The molecule has 10 heteroatoms. The van der Waals surface area contributed by atoms with E-state index in [2.05, 4.69) is 22.6 Å². The maximum absolute atomic E-state index is 14.1. The largest absolute Gasteiger partial charge is 0.495 e. The van der Waals surface area contributed by atoms with Crippen LogP contribution in [-0.2, 0) is 11.2 Å². The second kappa shape index (κ2) is 16.6. The number of nitrogen functional groups attached to an aromatic ring is 1. The van der Waals surface area contributed by atoms with Crippen LogP contribution in [0.25, 0.3) is 11.3 Å². The minimum Gasteiger partial charge on any atom is -0.495 e. The zero-order valence-electron chi connectivity index (χ0n) is 24.8. The van der Waals surface area contributed by atoms with Gasteiger partial charge in [-0.15, -0.1) is 0 Å². The molecule has 4 rings (SSSR count). The van der Waals surface area contributed by atoms with Gasteiger partial charge in [0.2, 0.25) is 0 Å². The first kappa shape index (κ1) is 33.6. The van der Waals surface area contributed by atoms with Gasteiger partial charge in [-0.2, -0.15) is 0 Å². The molecule has 1 aromatic heterocycles. The van der Waals surface area contributed by atoms with Crippen LogP contribution < -0.4 is 26.7 Å². The van der Waals surface area contributed by atoms with Gasteiger partial charge < -0.3 is 31.4 Å². The van der Waals surface area contributed by atoms with Gasteiger partial charge >= 0.3 is 0 Å². The summed E-state index contributed by atoms with van der Waals surface area (Å²) >= 11 is 0. The molecule has 3 aromatic rings. The number of halogens is 2. The highest BCUT2D eigenvalue weighted by molar-refractivity contribution is 5.89. The normalized spacial score (nSPS) is 14.3. The van der Waals surface area contributed by atoms with Gasteiger partial charge in [0.15, 0.2) is 11.6 Å². The maximum atomic E-state index is 14.1. The Morgan fingerprint density at radius 2 is 1.93 bits per heavy atom. The number of pyridine rings is 1. The third-order valence-corrected chi connectivity index (χ3v) is 6.49. The third-order valence-electron chi connectivity index (χ3n) is 6.49. The highest BCUT2D eigenvalue weighted by Crippen LogP contribution is 2.42. The standard InChI is InChI=1S/C16H16F2N2O.C14H22N2O2.CH5N/c1-9-8-21-16-12(9)7-10(5-6-19)20-15(16)11-3-2-4-13(17)14(11)18;1-5-6-16-9-12-7-11(10(2)17-3)8-13(18-4)14(12)15;1-2/h2-4,7,9H,5-6,8,19H2,1H3;7-10H,5-6,15H2,1-4H3;2H2,1H3. The van der Waals surface area contributed by atoms with Gasteiger partial charge in [-0.05, 0) is 62.8 Å². The summed E-state index contributed by atoms with van der Waals surface area (Å²) in [6.07, 6.45) is 3.40. The first-order valence-electron chi connectivity index (χ1n) is 13.6. The number of benzene rings is 2. The molecule has 6 N–H and O–H groups in total. The third kappa shape index (κ3) is 8.45. The van der Waals surface area contributed by atoms with Crippen LogP contribution in [0.2, 0.25) is 0 Å². The van der Waals surface area contributed by atoms with E-state index in [1.165, 1.54) is 19.2 Å². The molecule has 1 aliphatic rings. The van der Waals surface area contributed by atoms with Gasteiger partial charge in [0.25, 0.3) is 0 Å². The van der Waals surface area contributed by atoms with Crippen molar-refractivity contribution in [3.8, 4) is 22.8 Å². The summed E-state index contributed by atoms with van der Waals surface area (Å²) in [7, 11) is 4.79. The van der Waals surface area contributed by atoms with Crippen LogP contribution in [0, 0.1) is 11.6 Å². The van der Waals surface area contributed by atoms with Crippen LogP contribution in [0.4, 0.5) is 14.5 Å². The molecule has 1 aliphatic heterocycles. The Hall–Kier alpha value is -3.60. The summed E-state index contributed by atoms with van der Waals surface area (Å²) in [5.41, 5.74) is 20.9. The molecule has 0 radical (unpaired) electrons. The Kier molecular flexibility index (Phi) is 13.6. The van der Waals surface area contributed by atoms with Gasteiger partial charge in [0, 0.05) is 54.6 Å². The number of methoxy groups -OCH3 is 2. The monoisotopic (exact) mass is 571 g/mol. The van der Waals surface area contributed by atoms with Gasteiger partial charge in [0.1, 0.15) is 17.2 Å². The lowest BCUT2D eigenvalue weighted by molar-refractivity contribution is 0.119. The molecule has 0 saturated carbocycles. The Labute approximate surface area is 241 Å². The SMILES string of the molecule is CC1COc2c1cc(CCN)nc2-c1cccc(F)c1F.CCCN=Cc1cc(C(C)OC)cc(OC)c1N.CN. The minimum absolute atomic E-state index is 0.00201. The highest BCUT2D eigenvalue weighted by atomic mass is 19.2. The predicted molar refractivity (Wildman–Crippen MR) is 162 cm³/mol. The Morgan fingerprint density at radius 3 is 2.56 bits per heavy atom. The molecule has 0 fully saturated rings. The lowest BCUT2D eigenvalue weighted by Gasteiger charge is -2.14. The number of hydrogen-bond donors (Lipinski definition) is 3. The van der Waals surface area contributed by atoms with E-state index in [9.17, 15) is 8.78 Å². The summed E-state index contributed by atoms with van der Waals surface area (Å²) < 4.78 is 43.8. The van der Waals surface area contributed by atoms with Crippen LogP contribution in [-0.4, -0.2) is 52.2 Å². The zero-order valence-corrected chi connectivity index (χ0v) is 24.8. The molecule has 0 spiro atoms. The Morgan fingerprint density at radius 1 is 1.20 bits per heavy atom. The van der Waals surface area contributed by atoms with E-state index in [1.807, 2.05) is 32.0 Å². The molecule has 0 saturated heterocycles. The van der Waals surface area contributed by atoms with Crippen LogP contribution in [0.1, 0.15) is 61.6 Å². The number of ether oxygens (including phenoxy) is 3. The summed E-state index contributed by atoms with van der Waals surface area (Å²) in [5.74, 6) is -0.379. The van der Waals surface area contributed by atoms with Crippen LogP contribution >= 0.6 is 0 Å². The van der Waals surface area contributed by atoms with Crippen molar-refractivity contribution in [2.45, 2.75) is 45.6 Å². The lowest BCUT2D eigenvalue weighted by atomic mass is 9.99. The van der Waals surface area contributed by atoms with E-state index in [4.69, 9.17) is 25.7 Å². The molecule has 8 nitrogen and oxygen atoms in total. The minimum atomic E-state index is -0.903. The fourth-order valence-electron chi connectivity index (χ4n) is 4.18. The van der Waals surface area contributed by atoms with E-state index in [-0.39, 0.29) is 17.6 Å². The predicted octanol–water partition coefficient (Wildman–Crippen LogP) is 5.41. The van der Waals surface area contributed by atoms with E-state index in [0.717, 1.165) is 41.4 Å². The molecule has 0 amide bonds. The number of aliphatic imine (C=N–C) groups is 1. The van der Waals surface area contributed by atoms with Crippen LogP contribution in [0.3, 0.4) is 0 Å². The fourth-order valence-corrected chi connectivity index (χ4v) is 4.18. The van der Waals surface area contributed by atoms with E-state index in [1.54, 1.807) is 20.4 Å². The zero-order chi connectivity index (χ0) is 30.5. The average molecular weight is 572 g/mol. The van der Waals surface area contributed by atoms with Crippen molar-refractivity contribution in [3.05, 3.63) is 70.4 Å². The van der Waals surface area contributed by atoms with Crippen molar-refractivity contribution in [1.29, 1.82) is 0 Å². The first-order chi connectivity index (χ1) is 19.7. The van der Waals surface area contributed by atoms with Crippen molar-refractivity contribution in [2.24, 2.45) is 16.5 Å². The number of anilines is 1. The topological polar surface area (TPSA) is 131 Å². The quantitative estimate of drug-likeness (QED) is 0.231. The number of nitrogens with zero attached hydrogens (tertiary/aromatic N) is 2. The Bertz CT molecular complexity index is 1300. The fraction of sp³-hybridized carbons (Fsp3) is 0.419.